The number of aromatic carboxylic acids is 1. The topological polar surface area (TPSA) is 112 Å². The Hall–Kier alpha value is -2.35. The summed E-state index contributed by atoms with van der Waals surface area (Å²) >= 11 is 0. The molecule has 3 N–H and O–H groups in total. The fourth-order valence-electron chi connectivity index (χ4n) is 3.28. The standard InChI is InChI=1S/C20H31N3O5/c1-20(2,3)28-19(27)22-15-8-6-12-23(13-15)11-5-4-7-14-9-10-16(24)17(21-14)18(25)26/h9-10,15,24H,4-8,11-13H2,1-3H3,(H,22,27)(H,25,26). The lowest BCUT2D eigenvalue weighted by atomic mass is 10.1. The molecule has 1 amide bonds. The van der Waals surface area contributed by atoms with Gasteiger partial charge in [-0.2, -0.15) is 0 Å². The van der Waals surface area contributed by atoms with E-state index in [1.165, 1.54) is 6.07 Å². The fraction of sp³-hybridized carbons (Fsp3) is 0.650. The van der Waals surface area contributed by atoms with E-state index in [-0.39, 0.29) is 23.6 Å². The number of rotatable bonds is 7. The number of aryl methyl sites for hydroxylation is 1. The second kappa shape index (κ2) is 9.73. The smallest absolute Gasteiger partial charge is 0.407 e. The summed E-state index contributed by atoms with van der Waals surface area (Å²) in [6.07, 6.45) is 4.09. The van der Waals surface area contributed by atoms with Gasteiger partial charge in [0.1, 0.15) is 11.4 Å². The molecular formula is C20H31N3O5. The number of nitrogens with one attached hydrogen (secondary N) is 1. The number of hydrogen-bond donors (Lipinski definition) is 3. The summed E-state index contributed by atoms with van der Waals surface area (Å²) in [6.45, 7) is 8.27. The predicted molar refractivity (Wildman–Crippen MR) is 105 cm³/mol. The molecule has 1 aliphatic heterocycles. The molecule has 1 aromatic heterocycles. The van der Waals surface area contributed by atoms with Gasteiger partial charge in [0.05, 0.1) is 0 Å². The largest absolute Gasteiger partial charge is 0.505 e. The number of amides is 1. The minimum absolute atomic E-state index is 0.0977. The molecule has 0 aromatic carbocycles. The molecule has 2 rings (SSSR count). The predicted octanol–water partition coefficient (Wildman–Crippen LogP) is 2.80. The second-order valence-electron chi connectivity index (χ2n) is 8.22. The number of piperidine rings is 1. The van der Waals surface area contributed by atoms with Crippen LogP contribution in [-0.2, 0) is 11.2 Å². The number of aromatic hydroxyl groups is 1. The third kappa shape index (κ3) is 7.34. The van der Waals surface area contributed by atoms with Gasteiger partial charge in [0.25, 0.3) is 0 Å². The zero-order valence-electron chi connectivity index (χ0n) is 16.9. The molecule has 2 heterocycles. The lowest BCUT2D eigenvalue weighted by Gasteiger charge is -2.33. The van der Waals surface area contributed by atoms with Gasteiger partial charge >= 0.3 is 12.1 Å². The average Bonchev–Trinajstić information content (AvgIpc) is 2.58. The maximum Gasteiger partial charge on any atom is 0.407 e. The van der Waals surface area contributed by atoms with Crippen LogP contribution in [0.1, 0.15) is 62.6 Å². The van der Waals surface area contributed by atoms with Crippen LogP contribution in [0.25, 0.3) is 0 Å². The number of pyridine rings is 1. The van der Waals surface area contributed by atoms with E-state index in [4.69, 9.17) is 9.84 Å². The monoisotopic (exact) mass is 393 g/mol. The zero-order chi connectivity index (χ0) is 20.7. The van der Waals surface area contributed by atoms with Crippen LogP contribution in [0.3, 0.4) is 0 Å². The van der Waals surface area contributed by atoms with E-state index in [0.29, 0.717) is 12.1 Å². The van der Waals surface area contributed by atoms with Crippen LogP contribution in [0.15, 0.2) is 12.1 Å². The minimum atomic E-state index is -1.23. The molecule has 0 spiro atoms. The van der Waals surface area contributed by atoms with Gasteiger partial charge in [-0.15, -0.1) is 0 Å². The third-order valence-electron chi connectivity index (χ3n) is 4.52. The van der Waals surface area contributed by atoms with Crippen molar-refractivity contribution in [1.82, 2.24) is 15.2 Å². The van der Waals surface area contributed by atoms with Crippen molar-refractivity contribution in [3.63, 3.8) is 0 Å². The van der Waals surface area contributed by atoms with E-state index in [1.807, 2.05) is 20.8 Å². The van der Waals surface area contributed by atoms with Crippen molar-refractivity contribution in [3.8, 4) is 5.75 Å². The van der Waals surface area contributed by atoms with Crippen LogP contribution in [0.5, 0.6) is 5.75 Å². The number of ether oxygens (including phenoxy) is 1. The van der Waals surface area contributed by atoms with Crippen molar-refractivity contribution in [2.45, 2.75) is 64.5 Å². The van der Waals surface area contributed by atoms with Crippen molar-refractivity contribution >= 4 is 12.1 Å². The Kier molecular flexibility index (Phi) is 7.62. The minimum Gasteiger partial charge on any atom is -0.505 e. The van der Waals surface area contributed by atoms with E-state index in [1.54, 1.807) is 6.07 Å². The van der Waals surface area contributed by atoms with Gasteiger partial charge in [-0.1, -0.05) is 0 Å². The van der Waals surface area contributed by atoms with Crippen LogP contribution in [0.2, 0.25) is 0 Å². The second-order valence-corrected chi connectivity index (χ2v) is 8.22. The molecule has 1 saturated heterocycles. The highest BCUT2D eigenvalue weighted by Crippen LogP contribution is 2.17. The summed E-state index contributed by atoms with van der Waals surface area (Å²) in [7, 11) is 0. The molecule has 0 aliphatic carbocycles. The lowest BCUT2D eigenvalue weighted by molar-refractivity contribution is 0.0471. The van der Waals surface area contributed by atoms with Crippen LogP contribution in [0.4, 0.5) is 4.79 Å². The Morgan fingerprint density at radius 3 is 2.75 bits per heavy atom. The molecule has 1 aliphatic rings. The average molecular weight is 393 g/mol. The summed E-state index contributed by atoms with van der Waals surface area (Å²) < 4.78 is 5.32. The van der Waals surface area contributed by atoms with Gasteiger partial charge in [-0.25, -0.2) is 14.6 Å². The Morgan fingerprint density at radius 1 is 1.32 bits per heavy atom. The molecule has 1 atom stereocenters. The molecule has 0 radical (unpaired) electrons. The molecule has 28 heavy (non-hydrogen) atoms. The number of carbonyl (C=O) groups excluding carboxylic acids is 1. The number of aromatic nitrogens is 1. The molecule has 8 nitrogen and oxygen atoms in total. The summed E-state index contributed by atoms with van der Waals surface area (Å²) in [5, 5.41) is 21.5. The Morgan fingerprint density at radius 2 is 2.07 bits per heavy atom. The number of likely N-dealkylation sites (tertiary alicyclic amines) is 1. The normalized spacial score (nSPS) is 17.9. The lowest BCUT2D eigenvalue weighted by Crippen LogP contribution is -2.49. The first-order valence-corrected chi connectivity index (χ1v) is 9.78. The first-order valence-electron chi connectivity index (χ1n) is 9.78. The molecule has 1 fully saturated rings. The summed E-state index contributed by atoms with van der Waals surface area (Å²) in [4.78, 5) is 29.3. The Bertz CT molecular complexity index is 687. The number of alkyl carbamates (subject to hydrolysis) is 1. The molecule has 1 aromatic rings. The van der Waals surface area contributed by atoms with Crippen molar-refractivity contribution in [1.29, 1.82) is 0 Å². The van der Waals surface area contributed by atoms with Crippen LogP contribution in [-0.4, -0.2) is 63.4 Å². The van der Waals surface area contributed by atoms with E-state index in [2.05, 4.69) is 15.2 Å². The molecule has 0 saturated carbocycles. The van der Waals surface area contributed by atoms with Gasteiger partial charge in [0.2, 0.25) is 0 Å². The maximum absolute atomic E-state index is 11.9. The van der Waals surface area contributed by atoms with Gasteiger partial charge < -0.3 is 25.2 Å². The fourth-order valence-corrected chi connectivity index (χ4v) is 3.28. The first-order chi connectivity index (χ1) is 13.1. The maximum atomic E-state index is 11.9. The summed E-state index contributed by atoms with van der Waals surface area (Å²) in [6, 6.07) is 3.13. The zero-order valence-corrected chi connectivity index (χ0v) is 16.9. The SMILES string of the molecule is CC(C)(C)OC(=O)NC1CCCN(CCCCc2ccc(O)c(C(=O)O)n2)C1. The van der Waals surface area contributed by atoms with Crippen LogP contribution >= 0.6 is 0 Å². The van der Waals surface area contributed by atoms with Gasteiger partial charge in [-0.3, -0.25) is 0 Å². The number of carbonyl (C=O) groups is 2. The molecule has 1 unspecified atom stereocenters. The Balaban J connectivity index is 1.72. The number of carboxylic acids is 1. The molecule has 8 heteroatoms. The van der Waals surface area contributed by atoms with E-state index in [9.17, 15) is 14.7 Å². The van der Waals surface area contributed by atoms with Gasteiger partial charge in [0.15, 0.2) is 5.69 Å². The van der Waals surface area contributed by atoms with Gasteiger partial charge in [0, 0.05) is 18.3 Å². The van der Waals surface area contributed by atoms with Crippen molar-refractivity contribution in [2.75, 3.05) is 19.6 Å². The number of unbranched alkanes of at least 4 members (excludes halogenated alkanes) is 1. The van der Waals surface area contributed by atoms with Crippen LogP contribution < -0.4 is 5.32 Å². The quantitative estimate of drug-likeness (QED) is 0.611. The van der Waals surface area contributed by atoms with E-state index >= 15 is 0 Å². The van der Waals surface area contributed by atoms with Crippen molar-refractivity contribution < 1.29 is 24.5 Å². The third-order valence-corrected chi connectivity index (χ3v) is 4.52. The Labute approximate surface area is 165 Å². The molecule has 0 bridgehead atoms. The van der Waals surface area contributed by atoms with E-state index in [0.717, 1.165) is 45.3 Å². The number of hydrogen-bond acceptors (Lipinski definition) is 6. The summed E-state index contributed by atoms with van der Waals surface area (Å²) in [5.41, 5.74) is -0.135. The number of carboxylic acid groups (broad SMARTS) is 1. The van der Waals surface area contributed by atoms with Crippen molar-refractivity contribution in [3.05, 3.63) is 23.5 Å². The number of nitrogens with zero attached hydrogens (tertiary/aromatic N) is 2. The summed E-state index contributed by atoms with van der Waals surface area (Å²) in [5.74, 6) is -1.54. The molecule has 156 valence electrons. The highest BCUT2D eigenvalue weighted by molar-refractivity contribution is 5.88. The molecular weight excluding hydrogens is 362 g/mol. The van der Waals surface area contributed by atoms with Gasteiger partial charge in [-0.05, 0) is 78.1 Å². The van der Waals surface area contributed by atoms with Crippen LogP contribution in [0, 0.1) is 0 Å². The highest BCUT2D eigenvalue weighted by atomic mass is 16.6. The van der Waals surface area contributed by atoms with E-state index < -0.39 is 11.6 Å². The highest BCUT2D eigenvalue weighted by Gasteiger charge is 2.23. The van der Waals surface area contributed by atoms with Crippen molar-refractivity contribution in [2.24, 2.45) is 0 Å². The first kappa shape index (κ1) is 21.9.